The first-order valence-corrected chi connectivity index (χ1v) is 3.77. The summed E-state index contributed by atoms with van der Waals surface area (Å²) in [4.78, 5) is 15.2. The Bertz CT molecular complexity index is 485. The Kier molecular flexibility index (Phi) is 1.44. The van der Waals surface area contributed by atoms with Crippen molar-refractivity contribution in [2.24, 2.45) is 7.05 Å². The first-order chi connectivity index (χ1) is 5.68. The molecule has 2 rings (SSSR count). The van der Waals surface area contributed by atoms with Gasteiger partial charge in [0.25, 0.3) is 5.56 Å². The minimum atomic E-state index is -0.0887. The van der Waals surface area contributed by atoms with Crippen molar-refractivity contribution >= 4 is 22.6 Å². The van der Waals surface area contributed by atoms with Gasteiger partial charge in [0, 0.05) is 7.05 Å². The van der Waals surface area contributed by atoms with E-state index in [1.807, 2.05) is 0 Å². The second-order valence-corrected chi connectivity index (χ2v) is 2.89. The number of nitrogens with zero attached hydrogens (tertiary/aromatic N) is 2. The van der Waals surface area contributed by atoms with Crippen LogP contribution in [0.4, 0.5) is 0 Å². The summed E-state index contributed by atoms with van der Waals surface area (Å²) in [6.45, 7) is 0. The molecular formula is C7H6ClN3O. The van der Waals surface area contributed by atoms with Crippen molar-refractivity contribution in [3.8, 4) is 0 Å². The Labute approximate surface area is 72.8 Å². The zero-order valence-electron chi connectivity index (χ0n) is 6.34. The third kappa shape index (κ3) is 0.921. The molecule has 0 saturated heterocycles. The maximum atomic E-state index is 11.3. The van der Waals surface area contributed by atoms with Crippen molar-refractivity contribution in [1.82, 2.24) is 14.8 Å². The number of aryl methyl sites for hydroxylation is 1. The molecular weight excluding hydrogens is 178 g/mol. The highest BCUT2D eigenvalue weighted by Gasteiger charge is 2.03. The highest BCUT2D eigenvalue weighted by molar-refractivity contribution is 6.29. The summed E-state index contributed by atoms with van der Waals surface area (Å²) in [7, 11) is 1.64. The number of aromatic nitrogens is 3. The largest absolute Gasteiger partial charge is 0.279 e. The van der Waals surface area contributed by atoms with Gasteiger partial charge in [-0.1, -0.05) is 11.6 Å². The number of hydrogen-bond acceptors (Lipinski definition) is 2. The molecule has 0 aromatic carbocycles. The van der Waals surface area contributed by atoms with Crippen molar-refractivity contribution in [1.29, 1.82) is 0 Å². The van der Waals surface area contributed by atoms with Gasteiger partial charge in [0.2, 0.25) is 0 Å². The molecule has 62 valence electrons. The van der Waals surface area contributed by atoms with Gasteiger partial charge in [-0.05, 0) is 12.1 Å². The number of H-pyrrole nitrogens is 1. The average molecular weight is 184 g/mol. The van der Waals surface area contributed by atoms with Gasteiger partial charge in [-0.3, -0.25) is 14.6 Å². The van der Waals surface area contributed by atoms with E-state index >= 15 is 0 Å². The van der Waals surface area contributed by atoms with Crippen LogP contribution in [0.25, 0.3) is 11.0 Å². The summed E-state index contributed by atoms with van der Waals surface area (Å²) >= 11 is 5.64. The van der Waals surface area contributed by atoms with E-state index in [4.69, 9.17) is 11.6 Å². The lowest BCUT2D eigenvalue weighted by molar-refractivity contribution is 0.748. The normalized spacial score (nSPS) is 10.8. The lowest BCUT2D eigenvalue weighted by atomic mass is 10.4. The lowest BCUT2D eigenvalue weighted by Gasteiger charge is -1.86. The SMILES string of the molecule is Cn1[nH]c2nc(Cl)ccc2c1=O. The van der Waals surface area contributed by atoms with Crippen LogP contribution in [0.1, 0.15) is 0 Å². The van der Waals surface area contributed by atoms with E-state index in [-0.39, 0.29) is 5.56 Å². The maximum Gasteiger partial charge on any atom is 0.275 e. The number of rotatable bonds is 0. The fraction of sp³-hybridized carbons (Fsp3) is 0.143. The Balaban J connectivity index is 2.97. The van der Waals surface area contributed by atoms with Crippen LogP contribution in [0.5, 0.6) is 0 Å². The summed E-state index contributed by atoms with van der Waals surface area (Å²) in [6, 6.07) is 3.25. The first-order valence-electron chi connectivity index (χ1n) is 3.40. The summed E-state index contributed by atoms with van der Waals surface area (Å²) in [5, 5.41) is 3.71. The number of fused-ring (bicyclic) bond motifs is 1. The third-order valence-electron chi connectivity index (χ3n) is 1.67. The zero-order valence-corrected chi connectivity index (χ0v) is 7.09. The average Bonchev–Trinajstić information content (AvgIpc) is 2.28. The number of nitrogens with one attached hydrogen (secondary N) is 1. The number of halogens is 1. The van der Waals surface area contributed by atoms with E-state index in [0.29, 0.717) is 16.2 Å². The number of hydrogen-bond donors (Lipinski definition) is 1. The van der Waals surface area contributed by atoms with Crippen molar-refractivity contribution in [3.63, 3.8) is 0 Å². The molecule has 12 heavy (non-hydrogen) atoms. The minimum Gasteiger partial charge on any atom is -0.279 e. The summed E-state index contributed by atoms with van der Waals surface area (Å²) in [5.74, 6) is 0. The van der Waals surface area contributed by atoms with Gasteiger partial charge in [-0.25, -0.2) is 4.98 Å². The van der Waals surface area contributed by atoms with Crippen LogP contribution in [0.3, 0.4) is 0 Å². The standard InChI is InChI=1S/C7H6ClN3O/c1-11-7(12)4-2-3-5(8)9-6(4)10-11/h2-3H,1H3,(H,9,10). The fourth-order valence-corrected chi connectivity index (χ4v) is 1.23. The Morgan fingerprint density at radius 1 is 1.58 bits per heavy atom. The fourth-order valence-electron chi connectivity index (χ4n) is 1.08. The molecule has 0 aliphatic heterocycles. The van der Waals surface area contributed by atoms with E-state index in [1.54, 1.807) is 19.2 Å². The smallest absolute Gasteiger partial charge is 0.275 e. The van der Waals surface area contributed by atoms with E-state index in [1.165, 1.54) is 4.68 Å². The third-order valence-corrected chi connectivity index (χ3v) is 1.88. The lowest BCUT2D eigenvalue weighted by Crippen LogP contribution is -2.10. The van der Waals surface area contributed by atoms with Crippen LogP contribution in [-0.2, 0) is 7.05 Å². The van der Waals surface area contributed by atoms with E-state index in [0.717, 1.165) is 0 Å². The molecule has 0 fully saturated rings. The Morgan fingerprint density at radius 3 is 3.08 bits per heavy atom. The van der Waals surface area contributed by atoms with E-state index in [9.17, 15) is 4.79 Å². The van der Waals surface area contributed by atoms with E-state index < -0.39 is 0 Å². The number of pyridine rings is 1. The molecule has 0 aliphatic rings. The van der Waals surface area contributed by atoms with Crippen LogP contribution >= 0.6 is 11.6 Å². The van der Waals surface area contributed by atoms with E-state index in [2.05, 4.69) is 10.1 Å². The molecule has 2 aromatic heterocycles. The summed E-state index contributed by atoms with van der Waals surface area (Å²) < 4.78 is 1.37. The van der Waals surface area contributed by atoms with Gasteiger partial charge in [-0.2, -0.15) is 0 Å². The van der Waals surface area contributed by atoms with Gasteiger partial charge in [-0.15, -0.1) is 0 Å². The summed E-state index contributed by atoms with van der Waals surface area (Å²) in [5.41, 5.74) is 0.434. The van der Waals surface area contributed by atoms with Crippen LogP contribution in [0.2, 0.25) is 5.15 Å². The second-order valence-electron chi connectivity index (χ2n) is 2.51. The Morgan fingerprint density at radius 2 is 2.33 bits per heavy atom. The predicted octanol–water partition coefficient (Wildman–Crippen LogP) is 0.915. The minimum absolute atomic E-state index is 0.0887. The topological polar surface area (TPSA) is 50.7 Å². The molecule has 0 saturated carbocycles. The van der Waals surface area contributed by atoms with Gasteiger partial charge in [0.05, 0.1) is 5.39 Å². The molecule has 4 nitrogen and oxygen atoms in total. The molecule has 2 aromatic rings. The molecule has 0 unspecified atom stereocenters. The molecule has 0 bridgehead atoms. The van der Waals surface area contributed by atoms with Gasteiger partial charge < -0.3 is 0 Å². The van der Waals surface area contributed by atoms with Gasteiger partial charge in [0.1, 0.15) is 5.15 Å². The van der Waals surface area contributed by atoms with Gasteiger partial charge >= 0.3 is 0 Å². The van der Waals surface area contributed by atoms with Crippen molar-refractivity contribution in [2.45, 2.75) is 0 Å². The molecule has 0 aliphatic carbocycles. The maximum absolute atomic E-state index is 11.3. The molecule has 1 N–H and O–H groups in total. The molecule has 0 amide bonds. The Hall–Kier alpha value is -1.29. The van der Waals surface area contributed by atoms with Crippen LogP contribution in [-0.4, -0.2) is 14.8 Å². The number of aromatic amines is 1. The second kappa shape index (κ2) is 2.35. The molecule has 2 heterocycles. The van der Waals surface area contributed by atoms with Crippen molar-refractivity contribution in [2.75, 3.05) is 0 Å². The first kappa shape index (κ1) is 7.36. The van der Waals surface area contributed by atoms with Crippen LogP contribution < -0.4 is 5.56 Å². The highest BCUT2D eigenvalue weighted by Crippen LogP contribution is 2.09. The monoisotopic (exact) mass is 183 g/mol. The molecule has 0 radical (unpaired) electrons. The predicted molar refractivity (Wildman–Crippen MR) is 46.3 cm³/mol. The molecule has 0 atom stereocenters. The zero-order chi connectivity index (χ0) is 8.72. The summed E-state index contributed by atoms with van der Waals surface area (Å²) in [6.07, 6.45) is 0. The van der Waals surface area contributed by atoms with Crippen molar-refractivity contribution < 1.29 is 0 Å². The highest BCUT2D eigenvalue weighted by atomic mass is 35.5. The van der Waals surface area contributed by atoms with Crippen molar-refractivity contribution in [3.05, 3.63) is 27.6 Å². The molecule has 5 heteroatoms. The van der Waals surface area contributed by atoms with Crippen LogP contribution in [0, 0.1) is 0 Å². The quantitative estimate of drug-likeness (QED) is 0.618. The van der Waals surface area contributed by atoms with Crippen LogP contribution in [0.15, 0.2) is 16.9 Å². The molecule has 0 spiro atoms. The van der Waals surface area contributed by atoms with Gasteiger partial charge in [0.15, 0.2) is 5.65 Å².